The van der Waals surface area contributed by atoms with Crippen LogP contribution in [0.1, 0.15) is 38.4 Å². The van der Waals surface area contributed by atoms with Gasteiger partial charge in [0, 0.05) is 31.7 Å². The molecule has 2 aromatic rings. The SMILES string of the molecule is CN=C(NCCCN1CCCCC1C)NCc1nc(-c2ccc(OC)cc2)n[nH]1.I. The standard InChI is InChI=1S/C21H33N7O.HI/c1-16-7-4-5-13-28(16)14-6-12-23-21(22-2)24-15-19-25-20(27-26-19)17-8-10-18(29-3)11-9-17;/h8-11,16H,4-7,12-15H2,1-3H3,(H2,22,23,24)(H,25,26,27);1H. The normalized spacial score (nSPS) is 17.3. The molecule has 1 aromatic heterocycles. The molecule has 0 radical (unpaired) electrons. The molecule has 8 nitrogen and oxygen atoms in total. The molecule has 0 aliphatic carbocycles. The first-order valence-corrected chi connectivity index (χ1v) is 10.4. The topological polar surface area (TPSA) is 90.5 Å². The van der Waals surface area contributed by atoms with E-state index in [1.165, 1.54) is 25.8 Å². The van der Waals surface area contributed by atoms with E-state index in [1.807, 2.05) is 24.3 Å². The van der Waals surface area contributed by atoms with Crippen molar-refractivity contribution in [3.63, 3.8) is 0 Å². The number of aromatic nitrogens is 3. The maximum absolute atomic E-state index is 5.19. The lowest BCUT2D eigenvalue weighted by Crippen LogP contribution is -2.41. The van der Waals surface area contributed by atoms with E-state index in [0.717, 1.165) is 42.6 Å². The van der Waals surface area contributed by atoms with Gasteiger partial charge in [-0.2, -0.15) is 5.10 Å². The van der Waals surface area contributed by atoms with Crippen molar-refractivity contribution in [2.24, 2.45) is 4.99 Å². The third kappa shape index (κ3) is 7.12. The highest BCUT2D eigenvalue weighted by Crippen LogP contribution is 2.19. The second kappa shape index (κ2) is 12.7. The molecule has 0 saturated carbocycles. The fourth-order valence-electron chi connectivity index (χ4n) is 3.61. The predicted octanol–water partition coefficient (Wildman–Crippen LogP) is 3.03. The van der Waals surface area contributed by atoms with E-state index >= 15 is 0 Å². The van der Waals surface area contributed by atoms with Gasteiger partial charge in [-0.3, -0.25) is 10.1 Å². The molecule has 0 spiro atoms. The van der Waals surface area contributed by atoms with Gasteiger partial charge in [0.2, 0.25) is 0 Å². The summed E-state index contributed by atoms with van der Waals surface area (Å²) in [5.74, 6) is 3.03. The number of aromatic amines is 1. The number of rotatable bonds is 8. The average molecular weight is 527 g/mol. The maximum atomic E-state index is 5.19. The van der Waals surface area contributed by atoms with Crippen molar-refractivity contribution < 1.29 is 4.74 Å². The summed E-state index contributed by atoms with van der Waals surface area (Å²) in [7, 11) is 3.44. The number of guanidine groups is 1. The molecule has 1 aliphatic rings. The molecule has 3 N–H and O–H groups in total. The van der Waals surface area contributed by atoms with Gasteiger partial charge < -0.3 is 20.3 Å². The first-order chi connectivity index (χ1) is 14.2. The Bertz CT molecular complexity index is 778. The smallest absolute Gasteiger partial charge is 0.191 e. The summed E-state index contributed by atoms with van der Waals surface area (Å²) in [5.41, 5.74) is 0.947. The van der Waals surface area contributed by atoms with Crippen molar-refractivity contribution in [2.75, 3.05) is 33.8 Å². The third-order valence-corrected chi connectivity index (χ3v) is 5.38. The Labute approximate surface area is 196 Å². The zero-order chi connectivity index (χ0) is 20.5. The number of nitrogens with one attached hydrogen (secondary N) is 3. The summed E-state index contributed by atoms with van der Waals surface area (Å²) in [6, 6.07) is 8.42. The number of benzene rings is 1. The Kier molecular flexibility index (Phi) is 10.4. The van der Waals surface area contributed by atoms with Crippen molar-refractivity contribution >= 4 is 29.9 Å². The highest BCUT2D eigenvalue weighted by atomic mass is 127. The van der Waals surface area contributed by atoms with Gasteiger partial charge in [0.05, 0.1) is 13.7 Å². The second-order valence-corrected chi connectivity index (χ2v) is 7.42. The van der Waals surface area contributed by atoms with Crippen LogP contribution < -0.4 is 15.4 Å². The number of hydrogen-bond donors (Lipinski definition) is 3. The monoisotopic (exact) mass is 527 g/mol. The van der Waals surface area contributed by atoms with E-state index in [2.05, 4.69) is 42.6 Å². The Morgan fingerprint density at radius 3 is 2.77 bits per heavy atom. The van der Waals surface area contributed by atoms with Gasteiger partial charge in [0.1, 0.15) is 11.6 Å². The summed E-state index contributed by atoms with van der Waals surface area (Å²) in [6.07, 6.45) is 5.13. The number of likely N-dealkylation sites (tertiary alicyclic amines) is 1. The Morgan fingerprint density at radius 1 is 1.27 bits per heavy atom. The Hall–Kier alpha value is -1.88. The molecule has 30 heavy (non-hydrogen) atoms. The molecule has 166 valence electrons. The molecule has 9 heteroatoms. The third-order valence-electron chi connectivity index (χ3n) is 5.38. The number of halogens is 1. The Balaban J connectivity index is 0.00000320. The molecule has 1 unspecified atom stereocenters. The Morgan fingerprint density at radius 2 is 2.07 bits per heavy atom. The van der Waals surface area contributed by atoms with Crippen LogP contribution in [0.3, 0.4) is 0 Å². The number of ether oxygens (including phenoxy) is 1. The molecular formula is C21H34IN7O. The summed E-state index contributed by atoms with van der Waals surface area (Å²) >= 11 is 0. The van der Waals surface area contributed by atoms with Crippen molar-refractivity contribution in [1.29, 1.82) is 0 Å². The molecule has 2 heterocycles. The minimum atomic E-state index is 0. The first-order valence-electron chi connectivity index (χ1n) is 10.4. The van der Waals surface area contributed by atoms with Crippen LogP contribution in [0.15, 0.2) is 29.3 Å². The molecule has 1 fully saturated rings. The van der Waals surface area contributed by atoms with Crippen LogP contribution in [0.25, 0.3) is 11.4 Å². The minimum absolute atomic E-state index is 0. The fraction of sp³-hybridized carbons (Fsp3) is 0.571. The maximum Gasteiger partial charge on any atom is 0.191 e. The van der Waals surface area contributed by atoms with E-state index in [4.69, 9.17) is 4.74 Å². The molecule has 1 atom stereocenters. The number of hydrogen-bond acceptors (Lipinski definition) is 5. The van der Waals surface area contributed by atoms with Gasteiger partial charge in [-0.25, -0.2) is 4.98 Å². The second-order valence-electron chi connectivity index (χ2n) is 7.42. The number of H-pyrrole nitrogens is 1. The quantitative estimate of drug-likeness (QED) is 0.212. The van der Waals surface area contributed by atoms with Crippen molar-refractivity contribution in [2.45, 2.75) is 45.2 Å². The number of methoxy groups -OCH3 is 1. The zero-order valence-electron chi connectivity index (χ0n) is 18.1. The highest BCUT2D eigenvalue weighted by molar-refractivity contribution is 14.0. The van der Waals surface area contributed by atoms with Gasteiger partial charge in [0.15, 0.2) is 11.8 Å². The van der Waals surface area contributed by atoms with Crippen LogP contribution in [-0.4, -0.2) is 65.9 Å². The molecule has 3 rings (SSSR count). The van der Waals surface area contributed by atoms with Crippen molar-refractivity contribution in [3.8, 4) is 17.1 Å². The van der Waals surface area contributed by atoms with Gasteiger partial charge in [-0.1, -0.05) is 6.42 Å². The molecule has 1 aromatic carbocycles. The number of nitrogens with zero attached hydrogens (tertiary/aromatic N) is 4. The predicted molar refractivity (Wildman–Crippen MR) is 131 cm³/mol. The highest BCUT2D eigenvalue weighted by Gasteiger charge is 2.17. The van der Waals surface area contributed by atoms with E-state index < -0.39 is 0 Å². The minimum Gasteiger partial charge on any atom is -0.497 e. The fourth-order valence-corrected chi connectivity index (χ4v) is 3.61. The number of aliphatic imine (C=N–C) groups is 1. The lowest BCUT2D eigenvalue weighted by atomic mass is 10.0. The van der Waals surface area contributed by atoms with E-state index in [1.54, 1.807) is 14.2 Å². The van der Waals surface area contributed by atoms with Crippen molar-refractivity contribution in [1.82, 2.24) is 30.7 Å². The van der Waals surface area contributed by atoms with Crippen LogP contribution in [0.5, 0.6) is 5.75 Å². The van der Waals surface area contributed by atoms with Crippen LogP contribution in [0, 0.1) is 0 Å². The van der Waals surface area contributed by atoms with Crippen LogP contribution >= 0.6 is 24.0 Å². The van der Waals surface area contributed by atoms with Crippen LogP contribution in [0.2, 0.25) is 0 Å². The lowest BCUT2D eigenvalue weighted by molar-refractivity contribution is 0.159. The van der Waals surface area contributed by atoms with E-state index in [0.29, 0.717) is 18.4 Å². The molecule has 1 aliphatic heterocycles. The molecule has 0 bridgehead atoms. The summed E-state index contributed by atoms with van der Waals surface area (Å²) < 4.78 is 5.19. The van der Waals surface area contributed by atoms with Gasteiger partial charge in [-0.15, -0.1) is 24.0 Å². The summed E-state index contributed by atoms with van der Waals surface area (Å²) in [6.45, 7) is 6.14. The first kappa shape index (κ1) is 24.4. The van der Waals surface area contributed by atoms with E-state index in [9.17, 15) is 0 Å². The van der Waals surface area contributed by atoms with Gasteiger partial charge in [-0.05, 0) is 57.0 Å². The van der Waals surface area contributed by atoms with Crippen LogP contribution in [-0.2, 0) is 6.54 Å². The van der Waals surface area contributed by atoms with Gasteiger partial charge >= 0.3 is 0 Å². The average Bonchev–Trinajstić information content (AvgIpc) is 3.23. The summed E-state index contributed by atoms with van der Waals surface area (Å²) in [5, 5.41) is 13.9. The molecule has 0 amide bonds. The lowest BCUT2D eigenvalue weighted by Gasteiger charge is -2.33. The molecular weight excluding hydrogens is 493 g/mol. The number of piperidine rings is 1. The largest absolute Gasteiger partial charge is 0.497 e. The van der Waals surface area contributed by atoms with Crippen molar-refractivity contribution in [3.05, 3.63) is 30.1 Å². The molecule has 1 saturated heterocycles. The van der Waals surface area contributed by atoms with Gasteiger partial charge in [0.25, 0.3) is 0 Å². The van der Waals surface area contributed by atoms with E-state index in [-0.39, 0.29) is 24.0 Å². The van der Waals surface area contributed by atoms with Crippen LogP contribution in [0.4, 0.5) is 0 Å². The zero-order valence-corrected chi connectivity index (χ0v) is 20.5. The summed E-state index contributed by atoms with van der Waals surface area (Å²) in [4.78, 5) is 11.4.